The quantitative estimate of drug-likeness (QED) is 0.707. The van der Waals surface area contributed by atoms with Crippen molar-refractivity contribution in [2.45, 2.75) is 46.0 Å². The molecule has 0 aliphatic heterocycles. The van der Waals surface area contributed by atoms with Crippen LogP contribution in [-0.2, 0) is 5.41 Å². The number of benzene rings is 1. The lowest BCUT2D eigenvalue weighted by Crippen LogP contribution is -2.16. The Morgan fingerprint density at radius 1 is 1.13 bits per heavy atom. The number of hydrogen-bond acceptors (Lipinski definition) is 1. The lowest BCUT2D eigenvalue weighted by molar-refractivity contribution is 0.395. The molecule has 0 fully saturated rings. The van der Waals surface area contributed by atoms with Gasteiger partial charge in [0, 0.05) is 5.56 Å². The first-order valence-corrected chi connectivity index (χ1v) is 5.55. The second kappa shape index (κ2) is 4.26. The van der Waals surface area contributed by atoms with E-state index in [4.69, 9.17) is 4.74 Å². The predicted octanol–water partition coefficient (Wildman–Crippen LogP) is 4.12. The van der Waals surface area contributed by atoms with Crippen LogP contribution in [0.15, 0.2) is 18.2 Å². The lowest BCUT2D eigenvalue weighted by atomic mass is 9.80. The van der Waals surface area contributed by atoms with Crippen LogP contribution in [0.2, 0.25) is 0 Å². The van der Waals surface area contributed by atoms with Crippen LogP contribution in [0.5, 0.6) is 5.75 Å². The zero-order valence-corrected chi connectivity index (χ0v) is 10.7. The minimum Gasteiger partial charge on any atom is -0.496 e. The third-order valence-electron chi connectivity index (χ3n) is 2.65. The molecule has 1 aromatic carbocycles. The molecule has 0 heterocycles. The van der Waals surface area contributed by atoms with Gasteiger partial charge in [0.1, 0.15) is 5.75 Å². The molecule has 0 aromatic heterocycles. The van der Waals surface area contributed by atoms with Gasteiger partial charge in [0.2, 0.25) is 0 Å². The van der Waals surface area contributed by atoms with Gasteiger partial charge in [0.25, 0.3) is 0 Å². The van der Waals surface area contributed by atoms with E-state index in [-0.39, 0.29) is 5.41 Å². The van der Waals surface area contributed by atoms with Crippen molar-refractivity contribution in [2.75, 3.05) is 7.11 Å². The average Bonchev–Trinajstić information content (AvgIpc) is 2.15. The standard InChI is InChI=1S/C14H22O/c1-10(2)11-8-7-9-12(15-6)13(11)14(3,4)5/h7-10H,1-6H3. The molecule has 0 spiro atoms. The van der Waals surface area contributed by atoms with E-state index in [2.05, 4.69) is 46.8 Å². The van der Waals surface area contributed by atoms with Crippen LogP contribution in [0.1, 0.15) is 51.7 Å². The fourth-order valence-electron chi connectivity index (χ4n) is 2.00. The maximum atomic E-state index is 5.46. The minimum atomic E-state index is 0.131. The summed E-state index contributed by atoms with van der Waals surface area (Å²) in [7, 11) is 1.74. The van der Waals surface area contributed by atoms with Gasteiger partial charge in [-0.3, -0.25) is 0 Å². The highest BCUT2D eigenvalue weighted by molar-refractivity contribution is 5.46. The summed E-state index contributed by atoms with van der Waals surface area (Å²) in [6, 6.07) is 6.32. The molecule has 0 radical (unpaired) electrons. The van der Waals surface area contributed by atoms with E-state index in [0.29, 0.717) is 5.92 Å². The Morgan fingerprint density at radius 3 is 2.13 bits per heavy atom. The normalized spacial score (nSPS) is 11.9. The Balaban J connectivity index is 3.41. The second-order valence-corrected chi connectivity index (χ2v) is 5.33. The molecule has 1 nitrogen and oxygen atoms in total. The number of rotatable bonds is 2. The molecule has 0 saturated heterocycles. The molecule has 0 bridgehead atoms. The van der Waals surface area contributed by atoms with Crippen molar-refractivity contribution >= 4 is 0 Å². The summed E-state index contributed by atoms with van der Waals surface area (Å²) in [5.74, 6) is 1.54. The largest absolute Gasteiger partial charge is 0.496 e. The SMILES string of the molecule is COc1cccc(C(C)C)c1C(C)(C)C. The third-order valence-corrected chi connectivity index (χ3v) is 2.65. The van der Waals surface area contributed by atoms with Crippen LogP contribution in [0, 0.1) is 0 Å². The summed E-state index contributed by atoms with van der Waals surface area (Å²) < 4.78 is 5.46. The Bertz CT molecular complexity index is 332. The van der Waals surface area contributed by atoms with Gasteiger partial charge >= 0.3 is 0 Å². The van der Waals surface area contributed by atoms with Gasteiger partial charge in [-0.15, -0.1) is 0 Å². The molecule has 15 heavy (non-hydrogen) atoms. The maximum Gasteiger partial charge on any atom is 0.122 e. The molecule has 0 saturated carbocycles. The van der Waals surface area contributed by atoms with Crippen molar-refractivity contribution in [2.24, 2.45) is 0 Å². The summed E-state index contributed by atoms with van der Waals surface area (Å²) in [6.07, 6.45) is 0. The zero-order valence-electron chi connectivity index (χ0n) is 10.7. The van der Waals surface area contributed by atoms with E-state index in [0.717, 1.165) is 5.75 Å². The molecule has 0 atom stereocenters. The van der Waals surface area contributed by atoms with E-state index >= 15 is 0 Å². The van der Waals surface area contributed by atoms with Gasteiger partial charge < -0.3 is 4.74 Å². The first kappa shape index (κ1) is 12.1. The first-order valence-electron chi connectivity index (χ1n) is 5.55. The van der Waals surface area contributed by atoms with Crippen LogP contribution < -0.4 is 4.74 Å². The first-order chi connectivity index (χ1) is 6.88. The molecule has 0 aliphatic carbocycles. The zero-order chi connectivity index (χ0) is 11.6. The number of ether oxygens (including phenoxy) is 1. The van der Waals surface area contributed by atoms with E-state index in [1.165, 1.54) is 11.1 Å². The molecular weight excluding hydrogens is 184 g/mol. The van der Waals surface area contributed by atoms with E-state index < -0.39 is 0 Å². The highest BCUT2D eigenvalue weighted by Crippen LogP contribution is 2.37. The van der Waals surface area contributed by atoms with Crippen molar-refractivity contribution in [3.63, 3.8) is 0 Å². The fraction of sp³-hybridized carbons (Fsp3) is 0.571. The van der Waals surface area contributed by atoms with Crippen LogP contribution in [0.3, 0.4) is 0 Å². The summed E-state index contributed by atoms with van der Waals surface area (Å²) in [5, 5.41) is 0. The molecule has 0 aliphatic rings. The molecule has 1 heteroatoms. The monoisotopic (exact) mass is 206 g/mol. The highest BCUT2D eigenvalue weighted by Gasteiger charge is 2.23. The molecule has 0 amide bonds. The predicted molar refractivity (Wildman–Crippen MR) is 65.8 cm³/mol. The van der Waals surface area contributed by atoms with Crippen LogP contribution in [0.25, 0.3) is 0 Å². The Hall–Kier alpha value is -0.980. The Morgan fingerprint density at radius 2 is 1.73 bits per heavy atom. The van der Waals surface area contributed by atoms with Crippen LogP contribution >= 0.6 is 0 Å². The summed E-state index contributed by atoms with van der Waals surface area (Å²) >= 11 is 0. The molecule has 0 unspecified atom stereocenters. The van der Waals surface area contributed by atoms with Crippen molar-refractivity contribution < 1.29 is 4.74 Å². The van der Waals surface area contributed by atoms with Crippen molar-refractivity contribution in [1.29, 1.82) is 0 Å². The summed E-state index contributed by atoms with van der Waals surface area (Å²) in [5.41, 5.74) is 2.86. The average molecular weight is 206 g/mol. The topological polar surface area (TPSA) is 9.23 Å². The summed E-state index contributed by atoms with van der Waals surface area (Å²) in [4.78, 5) is 0. The van der Waals surface area contributed by atoms with Gasteiger partial charge in [-0.05, 0) is 23.0 Å². The van der Waals surface area contributed by atoms with Crippen molar-refractivity contribution in [3.8, 4) is 5.75 Å². The highest BCUT2D eigenvalue weighted by atomic mass is 16.5. The summed E-state index contributed by atoms with van der Waals surface area (Å²) in [6.45, 7) is 11.2. The molecule has 84 valence electrons. The van der Waals surface area contributed by atoms with Crippen LogP contribution in [0.4, 0.5) is 0 Å². The molecule has 0 N–H and O–H groups in total. The Labute approximate surface area is 93.5 Å². The van der Waals surface area contributed by atoms with Gasteiger partial charge in [-0.25, -0.2) is 0 Å². The van der Waals surface area contributed by atoms with Crippen molar-refractivity contribution in [3.05, 3.63) is 29.3 Å². The van der Waals surface area contributed by atoms with Gasteiger partial charge in [-0.2, -0.15) is 0 Å². The van der Waals surface area contributed by atoms with Crippen molar-refractivity contribution in [1.82, 2.24) is 0 Å². The number of methoxy groups -OCH3 is 1. The fourth-order valence-corrected chi connectivity index (χ4v) is 2.00. The second-order valence-electron chi connectivity index (χ2n) is 5.33. The lowest BCUT2D eigenvalue weighted by Gasteiger charge is -2.27. The third kappa shape index (κ3) is 2.53. The van der Waals surface area contributed by atoms with Gasteiger partial charge in [0.15, 0.2) is 0 Å². The van der Waals surface area contributed by atoms with Crippen LogP contribution in [-0.4, -0.2) is 7.11 Å². The number of hydrogen-bond donors (Lipinski definition) is 0. The van der Waals surface area contributed by atoms with E-state index in [9.17, 15) is 0 Å². The molecular formula is C14H22O. The Kier molecular flexibility index (Phi) is 3.43. The van der Waals surface area contributed by atoms with E-state index in [1.54, 1.807) is 7.11 Å². The van der Waals surface area contributed by atoms with Gasteiger partial charge in [0.05, 0.1) is 7.11 Å². The maximum absolute atomic E-state index is 5.46. The van der Waals surface area contributed by atoms with E-state index in [1.807, 2.05) is 6.07 Å². The van der Waals surface area contributed by atoms with Gasteiger partial charge in [-0.1, -0.05) is 46.8 Å². The smallest absolute Gasteiger partial charge is 0.122 e. The molecule has 1 rings (SSSR count). The minimum absolute atomic E-state index is 0.131. The molecule has 1 aromatic rings.